The highest BCUT2D eigenvalue weighted by atomic mass is 32.1. The van der Waals surface area contributed by atoms with Gasteiger partial charge in [0.05, 0.1) is 10.6 Å². The number of carbonyl (C=O) groups excluding carboxylic acids is 1. The Morgan fingerprint density at radius 3 is 2.24 bits per heavy atom. The summed E-state index contributed by atoms with van der Waals surface area (Å²) in [4.78, 5) is 42.2. The fourth-order valence-electron chi connectivity index (χ4n) is 3.38. The van der Waals surface area contributed by atoms with E-state index in [1.165, 1.54) is 0 Å². The van der Waals surface area contributed by atoms with Crippen molar-refractivity contribution in [1.82, 2.24) is 9.97 Å². The number of anilines is 1. The zero-order chi connectivity index (χ0) is 24.1. The van der Waals surface area contributed by atoms with Crippen LogP contribution in [0.5, 0.6) is 5.75 Å². The van der Waals surface area contributed by atoms with Crippen LogP contribution >= 0.6 is 11.3 Å². The summed E-state index contributed by atoms with van der Waals surface area (Å²) in [6.45, 7) is 0.0801. The first-order valence-electron chi connectivity index (χ1n) is 10.1. The molecule has 0 atom stereocenters. The highest BCUT2D eigenvalue weighted by Gasteiger charge is 2.21. The minimum absolute atomic E-state index is 0.0801. The maximum absolute atomic E-state index is 12.6. The third-order valence-corrected chi connectivity index (χ3v) is 5.92. The number of aromatic nitrogens is 2. The fourth-order valence-corrected chi connectivity index (χ4v) is 4.17. The second-order valence-electron chi connectivity index (χ2n) is 7.18. The molecule has 2 aromatic carbocycles. The van der Waals surface area contributed by atoms with Crippen LogP contribution in [0.2, 0.25) is 0 Å². The van der Waals surface area contributed by atoms with E-state index in [2.05, 4.69) is 15.3 Å². The Morgan fingerprint density at radius 1 is 1.03 bits per heavy atom. The largest absolute Gasteiger partial charge is 0.501 e. The summed E-state index contributed by atoms with van der Waals surface area (Å²) in [6, 6.07) is 20.9. The van der Waals surface area contributed by atoms with Crippen molar-refractivity contribution in [3.05, 3.63) is 99.3 Å². The van der Waals surface area contributed by atoms with Gasteiger partial charge in [-0.3, -0.25) is 10.1 Å². The van der Waals surface area contributed by atoms with Crippen molar-refractivity contribution < 1.29 is 24.5 Å². The zero-order valence-electron chi connectivity index (χ0n) is 17.6. The van der Waals surface area contributed by atoms with E-state index in [1.807, 2.05) is 60.7 Å². The van der Waals surface area contributed by atoms with Crippen LogP contribution in [0.3, 0.4) is 0 Å². The van der Waals surface area contributed by atoms with Gasteiger partial charge in [0.25, 0.3) is 5.56 Å². The van der Waals surface area contributed by atoms with Gasteiger partial charge in [0.15, 0.2) is 11.5 Å². The summed E-state index contributed by atoms with van der Waals surface area (Å²) in [5, 5.41) is 23.1. The molecule has 9 nitrogen and oxygen atoms in total. The molecule has 0 aliphatic carbocycles. The quantitative estimate of drug-likeness (QED) is 0.311. The Kier molecular flexibility index (Phi) is 6.69. The van der Waals surface area contributed by atoms with E-state index in [4.69, 9.17) is 4.74 Å². The van der Waals surface area contributed by atoms with Gasteiger partial charge in [-0.05, 0) is 22.6 Å². The Labute approximate surface area is 197 Å². The van der Waals surface area contributed by atoms with Gasteiger partial charge in [-0.1, -0.05) is 60.7 Å². The van der Waals surface area contributed by atoms with Gasteiger partial charge in [-0.15, -0.1) is 11.3 Å². The molecule has 0 aliphatic rings. The monoisotopic (exact) mass is 477 g/mol. The first-order chi connectivity index (χ1) is 16.4. The third kappa shape index (κ3) is 4.97. The number of thiophene rings is 1. The predicted octanol–water partition coefficient (Wildman–Crippen LogP) is 4.28. The molecule has 0 saturated carbocycles. The van der Waals surface area contributed by atoms with E-state index in [0.29, 0.717) is 4.88 Å². The number of benzene rings is 2. The van der Waals surface area contributed by atoms with Crippen molar-refractivity contribution >= 4 is 29.1 Å². The summed E-state index contributed by atoms with van der Waals surface area (Å²) < 4.78 is 5.51. The molecule has 0 fully saturated rings. The maximum atomic E-state index is 12.6. The highest BCUT2D eigenvalue weighted by molar-refractivity contribution is 7.14. The number of aromatic carboxylic acids is 1. The minimum atomic E-state index is -1.55. The fraction of sp³-hybridized carbons (Fsp3) is 0.0833. The molecule has 2 heterocycles. The molecule has 4 aromatic rings. The molecule has 34 heavy (non-hydrogen) atoms. The molecular weight excluding hydrogens is 458 g/mol. The molecule has 0 spiro atoms. The number of amides is 1. The average Bonchev–Trinajstić information content (AvgIpc) is 3.30. The van der Waals surface area contributed by atoms with Crippen LogP contribution in [0.15, 0.2) is 76.9 Å². The predicted molar refractivity (Wildman–Crippen MR) is 126 cm³/mol. The van der Waals surface area contributed by atoms with Crippen LogP contribution in [-0.2, 0) is 4.74 Å². The van der Waals surface area contributed by atoms with Crippen molar-refractivity contribution in [3.8, 4) is 16.5 Å². The van der Waals surface area contributed by atoms with Crippen LogP contribution in [-0.4, -0.2) is 38.9 Å². The number of rotatable bonds is 7. The van der Waals surface area contributed by atoms with Crippen molar-refractivity contribution in [2.75, 3.05) is 11.9 Å². The van der Waals surface area contributed by atoms with Gasteiger partial charge in [-0.2, -0.15) is 0 Å². The van der Waals surface area contributed by atoms with E-state index < -0.39 is 29.1 Å². The Bertz CT molecular complexity index is 1330. The smallest absolute Gasteiger partial charge is 0.411 e. The summed E-state index contributed by atoms with van der Waals surface area (Å²) in [5.74, 6) is -2.82. The number of ether oxygens (including phenoxy) is 1. The molecule has 4 N–H and O–H groups in total. The summed E-state index contributed by atoms with van der Waals surface area (Å²) in [7, 11) is 0. The molecule has 0 saturated heterocycles. The SMILES string of the molecule is O=C(Nc1ccsc1-c1nc(C(=O)O)c(O)c(=O)[nH]1)OCC(c1ccccc1)c1ccccc1. The minimum Gasteiger partial charge on any atom is -0.501 e. The van der Waals surface area contributed by atoms with E-state index in [9.17, 15) is 24.6 Å². The number of nitrogens with one attached hydrogen (secondary N) is 2. The van der Waals surface area contributed by atoms with E-state index >= 15 is 0 Å². The van der Waals surface area contributed by atoms with Gasteiger partial charge in [0.2, 0.25) is 5.75 Å². The lowest BCUT2D eigenvalue weighted by molar-refractivity contribution is 0.0686. The van der Waals surface area contributed by atoms with Crippen LogP contribution in [0.4, 0.5) is 10.5 Å². The lowest BCUT2D eigenvalue weighted by Gasteiger charge is -2.18. The number of aromatic hydroxyl groups is 1. The number of carboxylic acid groups (broad SMARTS) is 1. The first kappa shape index (κ1) is 22.7. The molecule has 4 rings (SSSR count). The number of aromatic amines is 1. The lowest BCUT2D eigenvalue weighted by Crippen LogP contribution is -2.19. The second-order valence-corrected chi connectivity index (χ2v) is 8.09. The number of hydrogen-bond acceptors (Lipinski definition) is 7. The standard InChI is InChI=1S/C24H19N3O6S/c28-19-18(23(30)31)26-21(27-22(19)29)20-17(11-12-34-20)25-24(32)33-13-16(14-7-3-1-4-8-14)15-9-5-2-6-10-15/h1-12,16,28H,13H2,(H,25,32)(H,30,31)(H,26,27,29). The van der Waals surface area contributed by atoms with Gasteiger partial charge in [-0.25, -0.2) is 14.6 Å². The zero-order valence-corrected chi connectivity index (χ0v) is 18.4. The highest BCUT2D eigenvalue weighted by Crippen LogP contribution is 2.32. The normalized spacial score (nSPS) is 10.7. The van der Waals surface area contributed by atoms with Gasteiger partial charge < -0.3 is 19.9 Å². The number of carbonyl (C=O) groups is 2. The van der Waals surface area contributed by atoms with Gasteiger partial charge >= 0.3 is 12.1 Å². The lowest BCUT2D eigenvalue weighted by atomic mass is 9.92. The number of hydrogen-bond donors (Lipinski definition) is 4. The Balaban J connectivity index is 1.52. The number of carboxylic acids is 1. The van der Waals surface area contributed by atoms with E-state index in [-0.39, 0.29) is 24.0 Å². The van der Waals surface area contributed by atoms with Gasteiger partial charge in [0.1, 0.15) is 6.61 Å². The summed E-state index contributed by atoms with van der Waals surface area (Å²) >= 11 is 1.12. The molecule has 2 aromatic heterocycles. The average molecular weight is 477 g/mol. The van der Waals surface area contributed by atoms with Crippen molar-refractivity contribution in [1.29, 1.82) is 0 Å². The van der Waals surface area contributed by atoms with Crippen molar-refractivity contribution in [2.45, 2.75) is 5.92 Å². The van der Waals surface area contributed by atoms with E-state index in [1.54, 1.807) is 11.4 Å². The number of nitrogens with zero attached hydrogens (tertiary/aromatic N) is 1. The van der Waals surface area contributed by atoms with Crippen LogP contribution in [0, 0.1) is 0 Å². The number of H-pyrrole nitrogens is 1. The van der Waals surface area contributed by atoms with Crippen LogP contribution in [0.1, 0.15) is 27.5 Å². The molecule has 0 aliphatic heterocycles. The third-order valence-electron chi connectivity index (χ3n) is 5.00. The summed E-state index contributed by atoms with van der Waals surface area (Å²) in [6.07, 6.45) is -0.726. The molecule has 172 valence electrons. The topological polar surface area (TPSA) is 142 Å². The Hall–Kier alpha value is -4.44. The summed E-state index contributed by atoms with van der Waals surface area (Å²) in [5.41, 5.74) is 0.470. The molecular formula is C24H19N3O6S. The second kappa shape index (κ2) is 10.0. The van der Waals surface area contributed by atoms with Crippen LogP contribution in [0.25, 0.3) is 10.7 Å². The first-order valence-corrected chi connectivity index (χ1v) is 11.0. The molecule has 0 radical (unpaired) electrons. The van der Waals surface area contributed by atoms with Crippen molar-refractivity contribution in [3.63, 3.8) is 0 Å². The molecule has 10 heteroatoms. The molecule has 0 bridgehead atoms. The molecule has 0 unspecified atom stereocenters. The molecule has 1 amide bonds. The van der Waals surface area contributed by atoms with Crippen LogP contribution < -0.4 is 10.9 Å². The van der Waals surface area contributed by atoms with Gasteiger partial charge in [0, 0.05) is 5.92 Å². The Morgan fingerprint density at radius 2 is 1.65 bits per heavy atom. The van der Waals surface area contributed by atoms with E-state index in [0.717, 1.165) is 22.5 Å². The van der Waals surface area contributed by atoms with Crippen molar-refractivity contribution in [2.24, 2.45) is 0 Å². The maximum Gasteiger partial charge on any atom is 0.411 e.